The van der Waals surface area contributed by atoms with Gasteiger partial charge in [0, 0.05) is 17.0 Å². The molecule has 0 aliphatic heterocycles. The molecule has 2 atom stereocenters. The third kappa shape index (κ3) is 4.89. The molecule has 0 heterocycles. The first-order chi connectivity index (χ1) is 4.54. The van der Waals surface area contributed by atoms with E-state index in [2.05, 4.69) is 20.4 Å². The summed E-state index contributed by atoms with van der Waals surface area (Å²) >= 11 is 1.87. The minimum absolute atomic E-state index is 0.298. The van der Waals surface area contributed by atoms with Crippen molar-refractivity contribution in [3.05, 3.63) is 12.2 Å². The van der Waals surface area contributed by atoms with Gasteiger partial charge in [0.25, 0.3) is 0 Å². The van der Waals surface area contributed by atoms with Crippen LogP contribution in [0, 0.1) is 0 Å². The lowest BCUT2D eigenvalue weighted by Gasteiger charge is -2.11. The summed E-state index contributed by atoms with van der Waals surface area (Å²) in [6, 6.07) is 0.298. The molecular formula is C8H17NS. The van der Waals surface area contributed by atoms with E-state index in [0.717, 1.165) is 5.75 Å². The van der Waals surface area contributed by atoms with E-state index in [-0.39, 0.29) is 0 Å². The van der Waals surface area contributed by atoms with Crippen LogP contribution in [0.5, 0.6) is 0 Å². The van der Waals surface area contributed by atoms with Crippen molar-refractivity contribution in [1.82, 2.24) is 0 Å². The molecule has 0 saturated heterocycles. The predicted octanol–water partition coefficient (Wildman–Crippen LogP) is 2.03. The highest BCUT2D eigenvalue weighted by molar-refractivity contribution is 8.00. The summed E-state index contributed by atoms with van der Waals surface area (Å²) in [5, 5.41) is 0.547. The molecule has 1 nitrogen and oxygen atoms in total. The molecule has 10 heavy (non-hydrogen) atoms. The van der Waals surface area contributed by atoms with Crippen molar-refractivity contribution in [1.29, 1.82) is 0 Å². The first-order valence-corrected chi connectivity index (χ1v) is 4.61. The van der Waals surface area contributed by atoms with Crippen molar-refractivity contribution in [3.8, 4) is 0 Å². The Balaban J connectivity index is 3.40. The Kier molecular flexibility index (Phi) is 4.83. The lowest BCUT2D eigenvalue weighted by molar-refractivity contribution is 0.845. The van der Waals surface area contributed by atoms with Crippen LogP contribution < -0.4 is 5.73 Å². The average molecular weight is 159 g/mol. The van der Waals surface area contributed by atoms with Gasteiger partial charge in [-0.2, -0.15) is 11.8 Å². The SMILES string of the molecule is C=C(C)C(C)SCC(C)N. The molecular weight excluding hydrogens is 142 g/mol. The number of hydrogen-bond acceptors (Lipinski definition) is 2. The van der Waals surface area contributed by atoms with E-state index in [1.165, 1.54) is 5.57 Å². The second-order valence-corrected chi connectivity index (χ2v) is 4.17. The number of rotatable bonds is 4. The van der Waals surface area contributed by atoms with Gasteiger partial charge in [-0.1, -0.05) is 12.2 Å². The summed E-state index contributed by atoms with van der Waals surface area (Å²) in [5.74, 6) is 1.02. The molecule has 0 aromatic rings. The van der Waals surface area contributed by atoms with E-state index in [1.54, 1.807) is 0 Å². The van der Waals surface area contributed by atoms with Crippen molar-refractivity contribution in [2.75, 3.05) is 5.75 Å². The molecule has 0 saturated carbocycles. The summed E-state index contributed by atoms with van der Waals surface area (Å²) in [6.45, 7) is 10.1. The fourth-order valence-electron chi connectivity index (χ4n) is 0.438. The summed E-state index contributed by atoms with van der Waals surface area (Å²) in [6.07, 6.45) is 0. The van der Waals surface area contributed by atoms with E-state index in [0.29, 0.717) is 11.3 Å². The van der Waals surface area contributed by atoms with Gasteiger partial charge in [0.05, 0.1) is 0 Å². The Morgan fingerprint density at radius 3 is 2.40 bits per heavy atom. The largest absolute Gasteiger partial charge is 0.327 e. The van der Waals surface area contributed by atoms with Crippen molar-refractivity contribution in [2.45, 2.75) is 32.1 Å². The van der Waals surface area contributed by atoms with Crippen LogP contribution in [0.25, 0.3) is 0 Å². The Labute approximate surface area is 68.1 Å². The minimum Gasteiger partial charge on any atom is -0.327 e. The lowest BCUT2D eigenvalue weighted by atomic mass is 10.3. The van der Waals surface area contributed by atoms with E-state index in [9.17, 15) is 0 Å². The lowest BCUT2D eigenvalue weighted by Crippen LogP contribution is -2.19. The molecule has 0 aromatic carbocycles. The standard InChI is InChI=1S/C8H17NS/c1-6(2)8(4)10-5-7(3)9/h7-8H,1,5,9H2,2-4H3. The van der Waals surface area contributed by atoms with Gasteiger partial charge in [0.15, 0.2) is 0 Å². The molecule has 0 rings (SSSR count). The average Bonchev–Trinajstić information content (AvgIpc) is 1.82. The van der Waals surface area contributed by atoms with Crippen LogP contribution >= 0.6 is 11.8 Å². The highest BCUT2D eigenvalue weighted by Crippen LogP contribution is 2.16. The molecule has 0 radical (unpaired) electrons. The Morgan fingerprint density at radius 1 is 1.60 bits per heavy atom. The molecule has 0 bridgehead atoms. The molecule has 0 aliphatic rings. The van der Waals surface area contributed by atoms with Gasteiger partial charge in [-0.25, -0.2) is 0 Å². The number of nitrogens with two attached hydrogens (primary N) is 1. The highest BCUT2D eigenvalue weighted by Gasteiger charge is 2.03. The topological polar surface area (TPSA) is 26.0 Å². The third-order valence-electron chi connectivity index (χ3n) is 1.30. The maximum atomic E-state index is 5.59. The molecule has 0 aliphatic carbocycles. The zero-order valence-corrected chi connectivity index (χ0v) is 7.87. The van der Waals surface area contributed by atoms with Crippen molar-refractivity contribution < 1.29 is 0 Å². The quantitative estimate of drug-likeness (QED) is 0.635. The van der Waals surface area contributed by atoms with Crippen LogP contribution in [0.3, 0.4) is 0 Å². The Morgan fingerprint density at radius 2 is 2.10 bits per heavy atom. The van der Waals surface area contributed by atoms with Gasteiger partial charge in [-0.05, 0) is 20.8 Å². The van der Waals surface area contributed by atoms with Crippen LogP contribution in [0.4, 0.5) is 0 Å². The van der Waals surface area contributed by atoms with Crippen LogP contribution in [0.2, 0.25) is 0 Å². The van der Waals surface area contributed by atoms with Gasteiger partial charge in [-0.15, -0.1) is 0 Å². The number of thioether (sulfide) groups is 1. The van der Waals surface area contributed by atoms with Gasteiger partial charge in [-0.3, -0.25) is 0 Å². The summed E-state index contributed by atoms with van der Waals surface area (Å²) in [7, 11) is 0. The Hall–Kier alpha value is 0.0500. The Bertz CT molecular complexity index is 110. The molecule has 2 N–H and O–H groups in total. The van der Waals surface area contributed by atoms with Gasteiger partial charge >= 0.3 is 0 Å². The minimum atomic E-state index is 0.298. The van der Waals surface area contributed by atoms with Gasteiger partial charge in [0.1, 0.15) is 0 Å². The summed E-state index contributed by atoms with van der Waals surface area (Å²) < 4.78 is 0. The first-order valence-electron chi connectivity index (χ1n) is 3.56. The van der Waals surface area contributed by atoms with Crippen LogP contribution in [-0.4, -0.2) is 17.0 Å². The van der Waals surface area contributed by atoms with Crippen LogP contribution in [0.1, 0.15) is 20.8 Å². The smallest absolute Gasteiger partial charge is 0.0223 e. The maximum absolute atomic E-state index is 5.59. The van der Waals surface area contributed by atoms with Crippen LogP contribution in [-0.2, 0) is 0 Å². The van der Waals surface area contributed by atoms with Crippen molar-refractivity contribution in [3.63, 3.8) is 0 Å². The van der Waals surface area contributed by atoms with Crippen LogP contribution in [0.15, 0.2) is 12.2 Å². The molecule has 0 aromatic heterocycles. The van der Waals surface area contributed by atoms with Crippen molar-refractivity contribution in [2.24, 2.45) is 5.73 Å². The fourth-order valence-corrected chi connectivity index (χ4v) is 1.32. The normalized spacial score (nSPS) is 16.4. The molecule has 2 heteroatoms. The second kappa shape index (κ2) is 4.80. The summed E-state index contributed by atoms with van der Waals surface area (Å²) in [5.41, 5.74) is 6.82. The van der Waals surface area contributed by atoms with E-state index < -0.39 is 0 Å². The molecule has 2 unspecified atom stereocenters. The predicted molar refractivity (Wildman–Crippen MR) is 50.4 cm³/mol. The van der Waals surface area contributed by atoms with E-state index >= 15 is 0 Å². The first kappa shape index (κ1) is 10.0. The molecule has 0 amide bonds. The summed E-state index contributed by atoms with van der Waals surface area (Å²) in [4.78, 5) is 0. The van der Waals surface area contributed by atoms with E-state index in [4.69, 9.17) is 5.73 Å². The number of hydrogen-bond donors (Lipinski definition) is 1. The highest BCUT2D eigenvalue weighted by atomic mass is 32.2. The zero-order chi connectivity index (χ0) is 8.15. The van der Waals surface area contributed by atoms with Crippen molar-refractivity contribution >= 4 is 11.8 Å². The molecule has 60 valence electrons. The fraction of sp³-hybridized carbons (Fsp3) is 0.750. The van der Waals surface area contributed by atoms with E-state index in [1.807, 2.05) is 18.7 Å². The maximum Gasteiger partial charge on any atom is 0.0223 e. The van der Waals surface area contributed by atoms with Gasteiger partial charge < -0.3 is 5.73 Å². The molecule has 0 spiro atoms. The monoisotopic (exact) mass is 159 g/mol. The third-order valence-corrected chi connectivity index (χ3v) is 2.92. The second-order valence-electron chi connectivity index (χ2n) is 2.80. The van der Waals surface area contributed by atoms with Gasteiger partial charge in [0.2, 0.25) is 0 Å². The zero-order valence-electron chi connectivity index (χ0n) is 7.05. The molecule has 0 fully saturated rings.